The summed E-state index contributed by atoms with van der Waals surface area (Å²) in [5.74, 6) is 3.22. The first-order valence-corrected chi connectivity index (χ1v) is 13.2. The lowest BCUT2D eigenvalue weighted by molar-refractivity contribution is 0.265. The molecule has 0 amide bonds. The van der Waals surface area contributed by atoms with Crippen molar-refractivity contribution in [1.82, 2.24) is 25.2 Å². The number of aryl methyl sites for hydroxylation is 1. The molecule has 2 fully saturated rings. The Morgan fingerprint density at radius 2 is 1.86 bits per heavy atom. The first-order valence-electron chi connectivity index (χ1n) is 13.2. The number of hydrogen-bond donors (Lipinski definition) is 4. The van der Waals surface area contributed by atoms with Crippen LogP contribution in [-0.4, -0.2) is 65.3 Å². The summed E-state index contributed by atoms with van der Waals surface area (Å²) in [6.45, 7) is 10.5. The molecule has 3 heterocycles. The molecule has 0 aliphatic carbocycles. The first kappa shape index (κ1) is 25.4. The molecule has 1 aromatic carbocycles. The summed E-state index contributed by atoms with van der Waals surface area (Å²) in [7, 11) is 1.69. The zero-order valence-electron chi connectivity index (χ0n) is 21.7. The zero-order chi connectivity index (χ0) is 24.6. The van der Waals surface area contributed by atoms with Crippen molar-refractivity contribution < 1.29 is 4.74 Å². The largest absolute Gasteiger partial charge is 0.496 e. The molecule has 35 heavy (non-hydrogen) atoms. The summed E-state index contributed by atoms with van der Waals surface area (Å²) >= 11 is 0. The molecule has 0 saturated carbocycles. The SMILES string of the molecule is CCC(Nc1nc(NCN2CCCC2CC)nc(Nc2ccc(OC)c(C)c2)n1)C1CCNCC1. The van der Waals surface area contributed by atoms with E-state index in [1.165, 1.54) is 32.1 Å². The maximum absolute atomic E-state index is 5.40. The van der Waals surface area contributed by atoms with Crippen LogP contribution >= 0.6 is 0 Å². The highest BCUT2D eigenvalue weighted by Crippen LogP contribution is 2.26. The molecule has 0 spiro atoms. The Hall–Kier alpha value is -2.65. The van der Waals surface area contributed by atoms with Crippen LogP contribution in [0.4, 0.5) is 23.5 Å². The normalized spacial score (nSPS) is 19.9. The van der Waals surface area contributed by atoms with E-state index in [0.717, 1.165) is 49.7 Å². The number of hydrogen-bond acceptors (Lipinski definition) is 9. The van der Waals surface area contributed by atoms with Gasteiger partial charge in [-0.2, -0.15) is 15.0 Å². The van der Waals surface area contributed by atoms with E-state index in [-0.39, 0.29) is 0 Å². The molecular weight excluding hydrogens is 440 g/mol. The average Bonchev–Trinajstić information content (AvgIpc) is 3.34. The molecule has 2 aromatic rings. The van der Waals surface area contributed by atoms with Crippen molar-refractivity contribution in [2.45, 2.75) is 71.4 Å². The van der Waals surface area contributed by atoms with Gasteiger partial charge in [0.25, 0.3) is 0 Å². The molecule has 2 saturated heterocycles. The molecule has 192 valence electrons. The summed E-state index contributed by atoms with van der Waals surface area (Å²) in [5.41, 5.74) is 1.97. The quantitative estimate of drug-likeness (QED) is 0.372. The third kappa shape index (κ3) is 6.73. The minimum atomic E-state index is 0.339. The number of anilines is 4. The van der Waals surface area contributed by atoms with E-state index >= 15 is 0 Å². The fraction of sp³-hybridized carbons (Fsp3) is 0.654. The summed E-state index contributed by atoms with van der Waals surface area (Å²) in [5, 5.41) is 13.9. The van der Waals surface area contributed by atoms with Crippen LogP contribution in [0, 0.1) is 12.8 Å². The number of nitrogens with one attached hydrogen (secondary N) is 4. The van der Waals surface area contributed by atoms with Gasteiger partial charge in [-0.3, -0.25) is 4.90 Å². The van der Waals surface area contributed by atoms with Crippen molar-refractivity contribution in [3.05, 3.63) is 23.8 Å². The molecule has 0 bridgehead atoms. The Bertz CT molecular complexity index is 949. The van der Waals surface area contributed by atoms with Gasteiger partial charge in [-0.15, -0.1) is 0 Å². The number of aromatic nitrogens is 3. The molecule has 2 aliphatic rings. The monoisotopic (exact) mass is 482 g/mol. The van der Waals surface area contributed by atoms with Crippen LogP contribution in [0.1, 0.15) is 57.9 Å². The number of benzene rings is 1. The molecule has 2 aliphatic heterocycles. The van der Waals surface area contributed by atoms with E-state index < -0.39 is 0 Å². The summed E-state index contributed by atoms with van der Waals surface area (Å²) in [6, 6.07) is 6.95. The van der Waals surface area contributed by atoms with Crippen LogP contribution in [0.3, 0.4) is 0 Å². The Balaban J connectivity index is 1.53. The van der Waals surface area contributed by atoms with E-state index in [1.807, 2.05) is 25.1 Å². The molecule has 0 radical (unpaired) electrons. The molecule has 9 heteroatoms. The Morgan fingerprint density at radius 3 is 2.57 bits per heavy atom. The van der Waals surface area contributed by atoms with E-state index in [4.69, 9.17) is 19.7 Å². The van der Waals surface area contributed by atoms with Gasteiger partial charge in [0.2, 0.25) is 17.8 Å². The van der Waals surface area contributed by atoms with Crippen LogP contribution in [0.25, 0.3) is 0 Å². The van der Waals surface area contributed by atoms with Crippen molar-refractivity contribution in [2.24, 2.45) is 5.92 Å². The maximum atomic E-state index is 5.40. The van der Waals surface area contributed by atoms with Gasteiger partial charge >= 0.3 is 0 Å². The van der Waals surface area contributed by atoms with Crippen LogP contribution in [0.5, 0.6) is 5.75 Å². The number of likely N-dealkylation sites (tertiary alicyclic amines) is 1. The highest BCUT2D eigenvalue weighted by molar-refractivity contribution is 5.58. The summed E-state index contributed by atoms with van der Waals surface area (Å²) in [6.07, 6.45) is 7.06. The number of ether oxygens (including phenoxy) is 1. The van der Waals surface area contributed by atoms with Crippen molar-refractivity contribution in [3.8, 4) is 5.75 Å². The third-order valence-corrected chi connectivity index (χ3v) is 7.40. The van der Waals surface area contributed by atoms with Crippen LogP contribution < -0.4 is 26.0 Å². The number of nitrogens with zero attached hydrogens (tertiary/aromatic N) is 4. The number of rotatable bonds is 11. The fourth-order valence-corrected chi connectivity index (χ4v) is 5.36. The second-order valence-corrected chi connectivity index (χ2v) is 9.71. The lowest BCUT2D eigenvalue weighted by atomic mass is 9.89. The Kier molecular flexibility index (Phi) is 8.98. The van der Waals surface area contributed by atoms with Crippen molar-refractivity contribution in [3.63, 3.8) is 0 Å². The van der Waals surface area contributed by atoms with Gasteiger partial charge in [0.05, 0.1) is 13.8 Å². The molecule has 2 unspecified atom stereocenters. The van der Waals surface area contributed by atoms with Gasteiger partial charge < -0.3 is 26.0 Å². The predicted molar refractivity (Wildman–Crippen MR) is 143 cm³/mol. The van der Waals surface area contributed by atoms with Gasteiger partial charge in [-0.25, -0.2) is 0 Å². The van der Waals surface area contributed by atoms with Gasteiger partial charge in [0.1, 0.15) is 5.75 Å². The van der Waals surface area contributed by atoms with E-state index in [9.17, 15) is 0 Å². The van der Waals surface area contributed by atoms with E-state index in [2.05, 4.69) is 40.0 Å². The second kappa shape index (κ2) is 12.4. The first-order chi connectivity index (χ1) is 17.1. The predicted octanol–water partition coefficient (Wildman–Crippen LogP) is 4.37. The Morgan fingerprint density at radius 1 is 1.09 bits per heavy atom. The molecule has 2 atom stereocenters. The van der Waals surface area contributed by atoms with Gasteiger partial charge in [0.15, 0.2) is 0 Å². The summed E-state index contributed by atoms with van der Waals surface area (Å²) < 4.78 is 5.40. The minimum absolute atomic E-state index is 0.339. The highest BCUT2D eigenvalue weighted by Gasteiger charge is 2.24. The van der Waals surface area contributed by atoms with E-state index in [0.29, 0.717) is 35.8 Å². The van der Waals surface area contributed by atoms with E-state index in [1.54, 1.807) is 7.11 Å². The van der Waals surface area contributed by atoms with Crippen molar-refractivity contribution >= 4 is 23.5 Å². The summed E-state index contributed by atoms with van der Waals surface area (Å²) in [4.78, 5) is 16.7. The molecule has 1 aromatic heterocycles. The van der Waals surface area contributed by atoms with Crippen LogP contribution in [0.15, 0.2) is 18.2 Å². The second-order valence-electron chi connectivity index (χ2n) is 9.71. The smallest absolute Gasteiger partial charge is 0.233 e. The molecule has 4 rings (SSSR count). The lowest BCUT2D eigenvalue weighted by Crippen LogP contribution is -2.38. The lowest BCUT2D eigenvalue weighted by Gasteiger charge is -2.30. The third-order valence-electron chi connectivity index (χ3n) is 7.40. The van der Waals surface area contributed by atoms with Gasteiger partial charge in [-0.05, 0) is 88.2 Å². The number of piperidine rings is 1. The van der Waals surface area contributed by atoms with Crippen LogP contribution in [-0.2, 0) is 0 Å². The topological polar surface area (TPSA) is 99.3 Å². The average molecular weight is 483 g/mol. The minimum Gasteiger partial charge on any atom is -0.496 e. The molecule has 9 nitrogen and oxygen atoms in total. The zero-order valence-corrected chi connectivity index (χ0v) is 21.7. The van der Waals surface area contributed by atoms with Crippen molar-refractivity contribution in [2.75, 3.05) is 49.4 Å². The molecule has 4 N–H and O–H groups in total. The highest BCUT2D eigenvalue weighted by atomic mass is 16.5. The van der Waals surface area contributed by atoms with Crippen molar-refractivity contribution in [1.29, 1.82) is 0 Å². The van der Waals surface area contributed by atoms with Gasteiger partial charge in [-0.1, -0.05) is 13.8 Å². The maximum Gasteiger partial charge on any atom is 0.233 e. The standard InChI is InChI=1S/C26H42N8O/c1-5-21-8-7-15-34(21)17-28-24-31-25(29-20-9-10-23(35-4)18(3)16-20)33-26(32-24)30-22(6-2)19-11-13-27-14-12-19/h9-10,16,19,21-22,27H,5-8,11-15,17H2,1-4H3,(H3,28,29,30,31,32,33). The number of methoxy groups -OCH3 is 1. The fourth-order valence-electron chi connectivity index (χ4n) is 5.36. The Labute approximate surface area is 209 Å². The van der Waals surface area contributed by atoms with Gasteiger partial charge in [0, 0.05) is 24.3 Å². The van der Waals surface area contributed by atoms with Crippen LogP contribution in [0.2, 0.25) is 0 Å². The molecular formula is C26H42N8O.